The molecular formula is C19H28FNO2. The minimum absolute atomic E-state index is 0.0483. The minimum Gasteiger partial charge on any atom is -0.493 e. The van der Waals surface area contributed by atoms with Crippen LogP contribution in [0.15, 0.2) is 24.3 Å². The van der Waals surface area contributed by atoms with Crippen molar-refractivity contribution in [2.45, 2.75) is 46.5 Å². The average molecular weight is 321 g/mol. The lowest BCUT2D eigenvalue weighted by molar-refractivity contribution is -0.134. The fraction of sp³-hybridized carbons (Fsp3) is 0.632. The Balaban J connectivity index is 1.68. The third-order valence-corrected chi connectivity index (χ3v) is 4.24. The quantitative estimate of drug-likeness (QED) is 0.810. The molecule has 0 saturated carbocycles. The van der Waals surface area contributed by atoms with Crippen LogP contribution in [0.4, 0.5) is 4.39 Å². The lowest BCUT2D eigenvalue weighted by Gasteiger charge is -2.33. The van der Waals surface area contributed by atoms with Gasteiger partial charge in [0, 0.05) is 25.6 Å². The highest BCUT2D eigenvalue weighted by Crippen LogP contribution is 2.25. The van der Waals surface area contributed by atoms with Gasteiger partial charge in [-0.25, -0.2) is 4.39 Å². The van der Waals surface area contributed by atoms with Crippen LogP contribution in [0.1, 0.15) is 46.5 Å². The minimum atomic E-state index is -0.270. The Labute approximate surface area is 138 Å². The van der Waals surface area contributed by atoms with Crippen molar-refractivity contribution in [1.82, 2.24) is 4.90 Å². The van der Waals surface area contributed by atoms with Crippen LogP contribution < -0.4 is 4.74 Å². The van der Waals surface area contributed by atoms with Crippen molar-refractivity contribution in [3.8, 4) is 5.75 Å². The van der Waals surface area contributed by atoms with E-state index in [0.29, 0.717) is 24.7 Å². The van der Waals surface area contributed by atoms with Gasteiger partial charge in [-0.1, -0.05) is 26.8 Å². The van der Waals surface area contributed by atoms with Crippen molar-refractivity contribution in [1.29, 1.82) is 0 Å². The lowest BCUT2D eigenvalue weighted by Crippen LogP contribution is -2.40. The molecule has 1 aliphatic heterocycles. The van der Waals surface area contributed by atoms with Gasteiger partial charge >= 0.3 is 0 Å². The fourth-order valence-corrected chi connectivity index (χ4v) is 2.94. The number of hydrogen-bond acceptors (Lipinski definition) is 2. The van der Waals surface area contributed by atoms with Gasteiger partial charge in [0.05, 0.1) is 6.61 Å². The molecule has 3 nitrogen and oxygen atoms in total. The number of ether oxygens (including phenoxy) is 1. The first-order valence-corrected chi connectivity index (χ1v) is 8.50. The molecule has 1 aromatic carbocycles. The number of rotatable bonds is 5. The van der Waals surface area contributed by atoms with Gasteiger partial charge in [0.1, 0.15) is 11.6 Å². The zero-order valence-corrected chi connectivity index (χ0v) is 14.5. The molecule has 0 aliphatic carbocycles. The van der Waals surface area contributed by atoms with Gasteiger partial charge < -0.3 is 9.64 Å². The SMILES string of the molecule is CC(C)(C)CC(=O)N1CCC(CCOc2cccc(F)c2)CC1. The van der Waals surface area contributed by atoms with Crippen LogP contribution in [0.25, 0.3) is 0 Å². The van der Waals surface area contributed by atoms with Crippen LogP contribution in [-0.4, -0.2) is 30.5 Å². The number of piperidine rings is 1. The number of carbonyl (C=O) groups is 1. The molecule has 0 unspecified atom stereocenters. The summed E-state index contributed by atoms with van der Waals surface area (Å²) in [5, 5.41) is 0. The number of carbonyl (C=O) groups excluding carboxylic acids is 1. The molecule has 1 fully saturated rings. The van der Waals surface area contributed by atoms with E-state index >= 15 is 0 Å². The van der Waals surface area contributed by atoms with E-state index in [1.807, 2.05) is 4.90 Å². The van der Waals surface area contributed by atoms with E-state index in [2.05, 4.69) is 20.8 Å². The summed E-state index contributed by atoms with van der Waals surface area (Å²) in [5.74, 6) is 1.17. The van der Waals surface area contributed by atoms with Crippen molar-refractivity contribution in [2.24, 2.45) is 11.3 Å². The summed E-state index contributed by atoms with van der Waals surface area (Å²) in [6, 6.07) is 6.26. The fourth-order valence-electron chi connectivity index (χ4n) is 2.94. The summed E-state index contributed by atoms with van der Waals surface area (Å²) in [5.41, 5.74) is 0.0483. The Bertz CT molecular complexity index is 516. The maximum atomic E-state index is 13.1. The molecule has 4 heteroatoms. The summed E-state index contributed by atoms with van der Waals surface area (Å²) in [7, 11) is 0. The zero-order valence-electron chi connectivity index (χ0n) is 14.5. The van der Waals surface area contributed by atoms with Crippen LogP contribution in [0, 0.1) is 17.2 Å². The van der Waals surface area contributed by atoms with E-state index < -0.39 is 0 Å². The van der Waals surface area contributed by atoms with Crippen molar-refractivity contribution in [3.05, 3.63) is 30.1 Å². The largest absolute Gasteiger partial charge is 0.493 e. The van der Waals surface area contributed by atoms with Crippen molar-refractivity contribution in [3.63, 3.8) is 0 Å². The Hall–Kier alpha value is -1.58. The van der Waals surface area contributed by atoms with Crippen molar-refractivity contribution >= 4 is 5.91 Å². The van der Waals surface area contributed by atoms with Crippen molar-refractivity contribution < 1.29 is 13.9 Å². The molecule has 1 saturated heterocycles. The van der Waals surface area contributed by atoms with Crippen LogP contribution in [0.2, 0.25) is 0 Å². The highest BCUT2D eigenvalue weighted by atomic mass is 19.1. The monoisotopic (exact) mass is 321 g/mol. The van der Waals surface area contributed by atoms with Gasteiger partial charge in [-0.3, -0.25) is 4.79 Å². The first kappa shape index (κ1) is 17.8. The maximum Gasteiger partial charge on any atom is 0.223 e. The summed E-state index contributed by atoms with van der Waals surface area (Å²) < 4.78 is 18.7. The molecular weight excluding hydrogens is 293 g/mol. The summed E-state index contributed by atoms with van der Waals surface area (Å²) >= 11 is 0. The van der Waals surface area contributed by atoms with Gasteiger partial charge in [-0.15, -0.1) is 0 Å². The molecule has 1 aliphatic rings. The number of benzene rings is 1. The Morgan fingerprint density at radius 2 is 2.00 bits per heavy atom. The van der Waals surface area contributed by atoms with Gasteiger partial charge in [0.25, 0.3) is 0 Å². The summed E-state index contributed by atoms with van der Waals surface area (Å²) in [6.07, 6.45) is 3.63. The number of amides is 1. The van der Waals surface area contributed by atoms with Gasteiger partial charge in [-0.05, 0) is 42.7 Å². The van der Waals surface area contributed by atoms with E-state index in [1.54, 1.807) is 12.1 Å². The molecule has 1 heterocycles. The topological polar surface area (TPSA) is 29.5 Å². The van der Waals surface area contributed by atoms with Gasteiger partial charge in [0.2, 0.25) is 5.91 Å². The van der Waals surface area contributed by atoms with Crippen LogP contribution in [0.3, 0.4) is 0 Å². The molecule has 0 spiro atoms. The first-order valence-electron chi connectivity index (χ1n) is 8.50. The average Bonchev–Trinajstić information content (AvgIpc) is 2.46. The second-order valence-corrected chi connectivity index (χ2v) is 7.66. The molecule has 0 radical (unpaired) electrons. The number of hydrogen-bond donors (Lipinski definition) is 0. The normalized spacial score (nSPS) is 16.4. The molecule has 2 rings (SSSR count). The number of likely N-dealkylation sites (tertiary alicyclic amines) is 1. The Morgan fingerprint density at radius 3 is 2.61 bits per heavy atom. The second-order valence-electron chi connectivity index (χ2n) is 7.66. The van der Waals surface area contributed by atoms with E-state index in [-0.39, 0.29) is 17.1 Å². The van der Waals surface area contributed by atoms with Crippen molar-refractivity contribution in [2.75, 3.05) is 19.7 Å². The predicted octanol–water partition coefficient (Wildman–Crippen LogP) is 4.27. The van der Waals surface area contributed by atoms with E-state index in [0.717, 1.165) is 32.4 Å². The molecule has 0 aromatic heterocycles. The maximum absolute atomic E-state index is 13.1. The van der Waals surface area contributed by atoms with Gasteiger partial charge in [0.15, 0.2) is 0 Å². The standard InChI is InChI=1S/C19H28FNO2/c1-19(2,3)14-18(22)21-10-7-15(8-11-21)9-12-23-17-6-4-5-16(20)13-17/h4-6,13,15H,7-12,14H2,1-3H3. The Morgan fingerprint density at radius 1 is 1.30 bits per heavy atom. The smallest absolute Gasteiger partial charge is 0.223 e. The second kappa shape index (κ2) is 7.80. The third kappa shape index (κ3) is 6.20. The highest BCUT2D eigenvalue weighted by Gasteiger charge is 2.25. The molecule has 0 atom stereocenters. The van der Waals surface area contributed by atoms with E-state index in [1.165, 1.54) is 12.1 Å². The third-order valence-electron chi connectivity index (χ3n) is 4.24. The summed E-state index contributed by atoms with van der Waals surface area (Å²) in [6.45, 7) is 8.59. The number of nitrogens with zero attached hydrogens (tertiary/aromatic N) is 1. The molecule has 0 N–H and O–H groups in total. The van der Waals surface area contributed by atoms with E-state index in [4.69, 9.17) is 4.74 Å². The van der Waals surface area contributed by atoms with Gasteiger partial charge in [-0.2, -0.15) is 0 Å². The molecule has 1 aromatic rings. The van der Waals surface area contributed by atoms with Crippen LogP contribution in [-0.2, 0) is 4.79 Å². The van der Waals surface area contributed by atoms with Crippen LogP contribution in [0.5, 0.6) is 5.75 Å². The lowest BCUT2D eigenvalue weighted by atomic mass is 9.89. The first-order chi connectivity index (χ1) is 10.8. The molecule has 128 valence electrons. The molecule has 1 amide bonds. The summed E-state index contributed by atoms with van der Waals surface area (Å²) in [4.78, 5) is 14.2. The number of halogens is 1. The zero-order chi connectivity index (χ0) is 16.9. The molecule has 0 bridgehead atoms. The predicted molar refractivity (Wildman–Crippen MR) is 89.9 cm³/mol. The Kier molecular flexibility index (Phi) is 6.03. The van der Waals surface area contributed by atoms with Crippen LogP contribution >= 0.6 is 0 Å². The molecule has 23 heavy (non-hydrogen) atoms. The van der Waals surface area contributed by atoms with E-state index in [9.17, 15) is 9.18 Å². The highest BCUT2D eigenvalue weighted by molar-refractivity contribution is 5.76.